The number of aliphatic hydroxyl groups excluding tert-OH is 1. The molecule has 1 heterocycles. The van der Waals surface area contributed by atoms with E-state index in [0.29, 0.717) is 0 Å². The van der Waals surface area contributed by atoms with Gasteiger partial charge in [0.05, 0.1) is 0 Å². The molecule has 0 aliphatic heterocycles. The Morgan fingerprint density at radius 3 is 2.44 bits per heavy atom. The Balaban J connectivity index is 2.03. The molecule has 18 heavy (non-hydrogen) atoms. The summed E-state index contributed by atoms with van der Waals surface area (Å²) in [7, 11) is 0. The topological polar surface area (TPSA) is 20.2 Å². The number of hydrogen-bond donors (Lipinski definition) is 1. The monoisotopic (exact) mass is 254 g/mol. The first kappa shape index (κ1) is 11.5. The van der Waals surface area contributed by atoms with Crippen molar-refractivity contribution in [3.63, 3.8) is 0 Å². The number of aliphatic hydroxyl groups is 1. The lowest BCUT2D eigenvalue weighted by molar-refractivity contribution is 0.224. The minimum absolute atomic E-state index is 0.520. The first-order chi connectivity index (χ1) is 8.74. The van der Waals surface area contributed by atoms with Crippen LogP contribution in [0, 0.1) is 6.92 Å². The molecule has 0 saturated carbocycles. The summed E-state index contributed by atoms with van der Waals surface area (Å²) < 4.78 is 0. The van der Waals surface area contributed by atoms with Crippen molar-refractivity contribution >= 4 is 22.1 Å². The molecule has 2 heteroatoms. The maximum Gasteiger partial charge on any atom is 0.113 e. The Bertz CT molecular complexity index is 684. The molecular formula is C16H14OS. The van der Waals surface area contributed by atoms with Crippen LogP contribution in [-0.2, 0) is 0 Å². The van der Waals surface area contributed by atoms with E-state index in [9.17, 15) is 5.11 Å². The molecule has 0 fully saturated rings. The third-order valence-corrected chi connectivity index (χ3v) is 4.17. The van der Waals surface area contributed by atoms with E-state index < -0.39 is 6.10 Å². The maximum absolute atomic E-state index is 10.4. The van der Waals surface area contributed by atoms with Crippen LogP contribution in [0.1, 0.15) is 21.4 Å². The molecule has 90 valence electrons. The van der Waals surface area contributed by atoms with E-state index in [2.05, 4.69) is 31.2 Å². The van der Waals surface area contributed by atoms with Crippen LogP contribution in [0.2, 0.25) is 0 Å². The Morgan fingerprint density at radius 1 is 0.944 bits per heavy atom. The Morgan fingerprint density at radius 2 is 1.72 bits per heavy atom. The molecule has 3 aromatic rings. The summed E-state index contributed by atoms with van der Waals surface area (Å²) in [4.78, 5) is 2.23. The normalized spacial score (nSPS) is 12.8. The number of hydrogen-bond acceptors (Lipinski definition) is 2. The van der Waals surface area contributed by atoms with Crippen LogP contribution >= 0.6 is 11.3 Å². The highest BCUT2D eigenvalue weighted by molar-refractivity contribution is 7.12. The van der Waals surface area contributed by atoms with E-state index in [-0.39, 0.29) is 0 Å². The molecule has 1 atom stereocenters. The van der Waals surface area contributed by atoms with E-state index in [1.807, 2.05) is 30.3 Å². The highest BCUT2D eigenvalue weighted by atomic mass is 32.1. The fourth-order valence-corrected chi connectivity index (χ4v) is 3.03. The van der Waals surface area contributed by atoms with Gasteiger partial charge < -0.3 is 5.11 Å². The van der Waals surface area contributed by atoms with Crippen molar-refractivity contribution in [3.8, 4) is 0 Å². The molecular weight excluding hydrogens is 240 g/mol. The number of rotatable bonds is 2. The quantitative estimate of drug-likeness (QED) is 0.723. The number of fused-ring (bicyclic) bond motifs is 1. The molecule has 2 aromatic carbocycles. The summed E-state index contributed by atoms with van der Waals surface area (Å²) >= 11 is 1.65. The van der Waals surface area contributed by atoms with Gasteiger partial charge in [0.1, 0.15) is 6.10 Å². The van der Waals surface area contributed by atoms with Crippen LogP contribution < -0.4 is 0 Å². The Hall–Kier alpha value is -1.64. The zero-order valence-electron chi connectivity index (χ0n) is 10.1. The van der Waals surface area contributed by atoms with Gasteiger partial charge in [0.2, 0.25) is 0 Å². The molecule has 0 aliphatic rings. The molecule has 0 amide bonds. The van der Waals surface area contributed by atoms with Gasteiger partial charge in [0.25, 0.3) is 0 Å². The van der Waals surface area contributed by atoms with Crippen molar-refractivity contribution in [3.05, 3.63) is 69.9 Å². The summed E-state index contributed by atoms with van der Waals surface area (Å²) in [6, 6.07) is 18.4. The van der Waals surface area contributed by atoms with Crippen molar-refractivity contribution in [1.29, 1.82) is 0 Å². The van der Waals surface area contributed by atoms with Crippen LogP contribution in [0.3, 0.4) is 0 Å². The third-order valence-electron chi connectivity index (χ3n) is 3.12. The fraction of sp³-hybridized carbons (Fsp3) is 0.125. The van der Waals surface area contributed by atoms with E-state index in [1.165, 1.54) is 15.6 Å². The molecule has 0 saturated heterocycles. The first-order valence-electron chi connectivity index (χ1n) is 5.97. The lowest BCUT2D eigenvalue weighted by Gasteiger charge is -2.10. The second kappa shape index (κ2) is 4.56. The van der Waals surface area contributed by atoms with Gasteiger partial charge in [-0.1, -0.05) is 36.4 Å². The molecule has 0 unspecified atom stereocenters. The lowest BCUT2D eigenvalue weighted by Crippen LogP contribution is -1.96. The van der Waals surface area contributed by atoms with Crippen molar-refractivity contribution in [1.82, 2.24) is 0 Å². The van der Waals surface area contributed by atoms with Gasteiger partial charge in [0.15, 0.2) is 0 Å². The van der Waals surface area contributed by atoms with E-state index >= 15 is 0 Å². The van der Waals surface area contributed by atoms with Crippen LogP contribution in [0.5, 0.6) is 0 Å². The lowest BCUT2D eigenvalue weighted by atomic mass is 10.0. The van der Waals surface area contributed by atoms with Gasteiger partial charge in [-0.2, -0.15) is 0 Å². The smallest absolute Gasteiger partial charge is 0.113 e. The van der Waals surface area contributed by atoms with Crippen LogP contribution in [0.15, 0.2) is 54.6 Å². The van der Waals surface area contributed by atoms with E-state index in [1.54, 1.807) is 11.3 Å². The predicted molar refractivity (Wildman–Crippen MR) is 77.1 cm³/mol. The molecule has 0 aliphatic carbocycles. The number of benzene rings is 2. The first-order valence-corrected chi connectivity index (χ1v) is 6.79. The largest absolute Gasteiger partial charge is 0.383 e. The molecule has 0 spiro atoms. The average Bonchev–Trinajstić information content (AvgIpc) is 2.84. The molecule has 1 N–H and O–H groups in total. The minimum atomic E-state index is -0.520. The van der Waals surface area contributed by atoms with Crippen LogP contribution in [-0.4, -0.2) is 5.11 Å². The fourth-order valence-electron chi connectivity index (χ4n) is 2.14. The Kier molecular flexibility index (Phi) is 2.90. The standard InChI is InChI=1S/C16H14OS/c1-11-6-9-15(18-11)16(17)14-8-7-12-4-2-3-5-13(12)10-14/h2-10,16-17H,1H3/t16-/m0/s1. The SMILES string of the molecule is Cc1ccc([C@@H](O)c2ccc3ccccc3c2)s1. The molecule has 0 radical (unpaired) electrons. The summed E-state index contributed by atoms with van der Waals surface area (Å²) in [5.74, 6) is 0. The highest BCUT2D eigenvalue weighted by Crippen LogP contribution is 2.29. The van der Waals surface area contributed by atoms with Gasteiger partial charge in [-0.3, -0.25) is 0 Å². The second-order valence-electron chi connectivity index (χ2n) is 4.46. The molecule has 0 bridgehead atoms. The summed E-state index contributed by atoms with van der Waals surface area (Å²) in [5, 5.41) is 12.7. The number of thiophene rings is 1. The zero-order valence-corrected chi connectivity index (χ0v) is 10.9. The average molecular weight is 254 g/mol. The van der Waals surface area contributed by atoms with Gasteiger partial charge >= 0.3 is 0 Å². The Labute approximate surface area is 110 Å². The third kappa shape index (κ3) is 2.05. The minimum Gasteiger partial charge on any atom is -0.383 e. The summed E-state index contributed by atoms with van der Waals surface area (Å²) in [6.45, 7) is 2.06. The zero-order chi connectivity index (χ0) is 12.5. The highest BCUT2D eigenvalue weighted by Gasteiger charge is 2.12. The van der Waals surface area contributed by atoms with E-state index in [4.69, 9.17) is 0 Å². The van der Waals surface area contributed by atoms with Crippen molar-refractivity contribution in [2.75, 3.05) is 0 Å². The molecule has 3 rings (SSSR count). The van der Waals surface area contributed by atoms with Crippen molar-refractivity contribution in [2.24, 2.45) is 0 Å². The second-order valence-corrected chi connectivity index (χ2v) is 5.78. The van der Waals surface area contributed by atoms with Crippen LogP contribution in [0.25, 0.3) is 10.8 Å². The predicted octanol–water partition coefficient (Wildman–Crippen LogP) is 4.29. The van der Waals surface area contributed by atoms with E-state index in [0.717, 1.165) is 10.4 Å². The van der Waals surface area contributed by atoms with Gasteiger partial charge in [0, 0.05) is 9.75 Å². The number of aryl methyl sites for hydroxylation is 1. The van der Waals surface area contributed by atoms with Crippen molar-refractivity contribution < 1.29 is 5.11 Å². The van der Waals surface area contributed by atoms with Crippen molar-refractivity contribution in [2.45, 2.75) is 13.0 Å². The molecule has 1 aromatic heterocycles. The van der Waals surface area contributed by atoms with Crippen LogP contribution in [0.4, 0.5) is 0 Å². The summed E-state index contributed by atoms with van der Waals surface area (Å²) in [5.41, 5.74) is 0.954. The van der Waals surface area contributed by atoms with Gasteiger partial charge in [-0.05, 0) is 41.5 Å². The summed E-state index contributed by atoms with van der Waals surface area (Å²) in [6.07, 6.45) is -0.520. The maximum atomic E-state index is 10.4. The molecule has 1 nitrogen and oxygen atoms in total. The van der Waals surface area contributed by atoms with Gasteiger partial charge in [-0.25, -0.2) is 0 Å². The van der Waals surface area contributed by atoms with Gasteiger partial charge in [-0.15, -0.1) is 11.3 Å².